The summed E-state index contributed by atoms with van der Waals surface area (Å²) < 4.78 is 5.55. The van der Waals surface area contributed by atoms with E-state index in [1.165, 1.54) is 6.92 Å². The highest BCUT2D eigenvalue weighted by atomic mass is 16.6. The van der Waals surface area contributed by atoms with Crippen molar-refractivity contribution in [1.82, 2.24) is 0 Å². The number of carbonyl (C=O) groups excluding carboxylic acids is 1. The Hall–Kier alpha value is -2.82. The first-order valence-corrected chi connectivity index (χ1v) is 7.45. The van der Waals surface area contributed by atoms with Crippen molar-refractivity contribution in [2.45, 2.75) is 13.3 Å². The highest BCUT2D eigenvalue weighted by Crippen LogP contribution is 2.09. The number of benzene rings is 2. The minimum atomic E-state index is -0.0903. The van der Waals surface area contributed by atoms with E-state index in [9.17, 15) is 4.79 Å². The number of nitrogens with one attached hydrogen (secondary N) is 1. The standard InChI is InChI=1S/C18H20N2O3/c1-15(21)20-17-10-8-16(9-11-17)14-19-23-13-5-12-22-18-6-3-2-4-7-18/h2-4,6-11,14H,5,12-13H2,1H3,(H,20,21)/b19-14+. The second-order valence-electron chi connectivity index (χ2n) is 4.89. The van der Waals surface area contributed by atoms with Crippen molar-refractivity contribution in [3.05, 3.63) is 60.2 Å². The van der Waals surface area contributed by atoms with Crippen LogP contribution in [0.25, 0.3) is 0 Å². The van der Waals surface area contributed by atoms with E-state index in [1.807, 2.05) is 54.6 Å². The molecule has 1 N–H and O–H groups in total. The van der Waals surface area contributed by atoms with Gasteiger partial charge in [-0.25, -0.2) is 0 Å². The minimum absolute atomic E-state index is 0.0903. The quantitative estimate of drug-likeness (QED) is 0.461. The van der Waals surface area contributed by atoms with Crippen LogP contribution in [0, 0.1) is 0 Å². The van der Waals surface area contributed by atoms with Gasteiger partial charge in [-0.1, -0.05) is 35.5 Å². The fourth-order valence-electron chi connectivity index (χ4n) is 1.84. The molecule has 120 valence electrons. The van der Waals surface area contributed by atoms with E-state index >= 15 is 0 Å². The molecular weight excluding hydrogens is 292 g/mol. The van der Waals surface area contributed by atoms with Crippen molar-refractivity contribution < 1.29 is 14.4 Å². The fraction of sp³-hybridized carbons (Fsp3) is 0.222. The third kappa shape index (κ3) is 6.65. The van der Waals surface area contributed by atoms with Crippen LogP contribution in [0.3, 0.4) is 0 Å². The molecule has 0 saturated carbocycles. The van der Waals surface area contributed by atoms with Crippen molar-refractivity contribution in [3.63, 3.8) is 0 Å². The zero-order valence-electron chi connectivity index (χ0n) is 13.1. The lowest BCUT2D eigenvalue weighted by Gasteiger charge is -2.04. The van der Waals surface area contributed by atoms with Gasteiger partial charge in [0.2, 0.25) is 5.91 Å². The van der Waals surface area contributed by atoms with Crippen LogP contribution in [0.4, 0.5) is 5.69 Å². The number of hydrogen-bond acceptors (Lipinski definition) is 4. The summed E-state index contributed by atoms with van der Waals surface area (Å²) in [7, 11) is 0. The first kappa shape index (κ1) is 16.5. The molecule has 2 rings (SSSR count). The molecule has 5 nitrogen and oxygen atoms in total. The number of amides is 1. The second-order valence-corrected chi connectivity index (χ2v) is 4.89. The average molecular weight is 312 g/mol. The maximum absolute atomic E-state index is 10.9. The zero-order valence-corrected chi connectivity index (χ0v) is 13.1. The van der Waals surface area contributed by atoms with Gasteiger partial charge >= 0.3 is 0 Å². The van der Waals surface area contributed by atoms with Crippen LogP contribution in [0.1, 0.15) is 18.9 Å². The van der Waals surface area contributed by atoms with Crippen LogP contribution >= 0.6 is 0 Å². The normalized spacial score (nSPS) is 10.5. The van der Waals surface area contributed by atoms with E-state index in [0.717, 1.165) is 23.4 Å². The summed E-state index contributed by atoms with van der Waals surface area (Å²) in [4.78, 5) is 16.1. The van der Waals surface area contributed by atoms with Gasteiger partial charge in [-0.15, -0.1) is 0 Å². The summed E-state index contributed by atoms with van der Waals surface area (Å²) in [5, 5.41) is 6.62. The van der Waals surface area contributed by atoms with Crippen molar-refractivity contribution in [2.24, 2.45) is 5.16 Å². The smallest absolute Gasteiger partial charge is 0.221 e. The molecule has 0 aliphatic rings. The second kappa shape index (κ2) is 9.25. The van der Waals surface area contributed by atoms with Crippen LogP contribution < -0.4 is 10.1 Å². The molecule has 0 aliphatic carbocycles. The predicted molar refractivity (Wildman–Crippen MR) is 90.8 cm³/mol. The summed E-state index contributed by atoms with van der Waals surface area (Å²) >= 11 is 0. The van der Waals surface area contributed by atoms with Crippen LogP contribution in [-0.4, -0.2) is 25.3 Å². The van der Waals surface area contributed by atoms with Gasteiger partial charge in [0.05, 0.1) is 12.8 Å². The minimum Gasteiger partial charge on any atom is -0.493 e. The third-order valence-electron chi connectivity index (χ3n) is 2.90. The Kier molecular flexibility index (Phi) is 6.65. The maximum Gasteiger partial charge on any atom is 0.221 e. The molecule has 0 atom stereocenters. The van der Waals surface area contributed by atoms with Crippen LogP contribution in [-0.2, 0) is 9.63 Å². The van der Waals surface area contributed by atoms with Gasteiger partial charge in [0, 0.05) is 19.0 Å². The van der Waals surface area contributed by atoms with Gasteiger partial charge < -0.3 is 14.9 Å². The van der Waals surface area contributed by atoms with Crippen molar-refractivity contribution in [1.29, 1.82) is 0 Å². The maximum atomic E-state index is 10.9. The molecule has 0 saturated heterocycles. The Balaban J connectivity index is 1.62. The van der Waals surface area contributed by atoms with E-state index in [-0.39, 0.29) is 5.91 Å². The summed E-state index contributed by atoms with van der Waals surface area (Å²) in [5.41, 5.74) is 1.66. The SMILES string of the molecule is CC(=O)Nc1ccc(/C=N/OCCCOc2ccccc2)cc1. The first-order chi connectivity index (χ1) is 11.2. The summed E-state index contributed by atoms with van der Waals surface area (Å²) in [6.45, 7) is 2.56. The fourth-order valence-corrected chi connectivity index (χ4v) is 1.84. The number of rotatable bonds is 8. The number of oxime groups is 1. The average Bonchev–Trinajstić information content (AvgIpc) is 2.56. The summed E-state index contributed by atoms with van der Waals surface area (Å²) in [6, 6.07) is 17.0. The van der Waals surface area contributed by atoms with Crippen molar-refractivity contribution in [2.75, 3.05) is 18.5 Å². The van der Waals surface area contributed by atoms with Gasteiger partial charge in [0.25, 0.3) is 0 Å². The predicted octanol–water partition coefficient (Wildman–Crippen LogP) is 3.46. The highest BCUT2D eigenvalue weighted by Gasteiger charge is 1.95. The lowest BCUT2D eigenvalue weighted by atomic mass is 10.2. The Morgan fingerprint density at radius 2 is 1.83 bits per heavy atom. The third-order valence-corrected chi connectivity index (χ3v) is 2.90. The lowest BCUT2D eigenvalue weighted by molar-refractivity contribution is -0.114. The molecule has 5 heteroatoms. The Labute approximate surface area is 135 Å². The highest BCUT2D eigenvalue weighted by molar-refractivity contribution is 5.89. The summed E-state index contributed by atoms with van der Waals surface area (Å²) in [5.74, 6) is 0.766. The Morgan fingerprint density at radius 3 is 2.52 bits per heavy atom. The number of anilines is 1. The van der Waals surface area contributed by atoms with E-state index in [4.69, 9.17) is 9.57 Å². The van der Waals surface area contributed by atoms with Gasteiger partial charge in [-0.05, 0) is 29.8 Å². The number of hydrogen-bond donors (Lipinski definition) is 1. The first-order valence-electron chi connectivity index (χ1n) is 7.45. The van der Waals surface area contributed by atoms with Crippen LogP contribution in [0.2, 0.25) is 0 Å². The van der Waals surface area contributed by atoms with Gasteiger partial charge in [-0.3, -0.25) is 4.79 Å². The molecule has 0 aromatic heterocycles. The van der Waals surface area contributed by atoms with Gasteiger partial charge in [-0.2, -0.15) is 0 Å². The molecular formula is C18H20N2O3. The van der Waals surface area contributed by atoms with E-state index in [1.54, 1.807) is 6.21 Å². The molecule has 2 aromatic rings. The van der Waals surface area contributed by atoms with Crippen LogP contribution in [0.5, 0.6) is 5.75 Å². The lowest BCUT2D eigenvalue weighted by Crippen LogP contribution is -2.05. The van der Waals surface area contributed by atoms with Crippen molar-refractivity contribution in [3.8, 4) is 5.75 Å². The molecule has 1 amide bonds. The van der Waals surface area contributed by atoms with Crippen molar-refractivity contribution >= 4 is 17.8 Å². The molecule has 0 radical (unpaired) electrons. The Bertz CT molecular complexity index is 624. The number of carbonyl (C=O) groups is 1. The van der Waals surface area contributed by atoms with Gasteiger partial charge in [0.15, 0.2) is 0 Å². The number of para-hydroxylation sites is 1. The molecule has 0 unspecified atom stereocenters. The topological polar surface area (TPSA) is 59.9 Å². The zero-order chi connectivity index (χ0) is 16.3. The molecule has 0 spiro atoms. The molecule has 0 heterocycles. The Morgan fingerprint density at radius 1 is 1.09 bits per heavy atom. The van der Waals surface area contributed by atoms with E-state index in [0.29, 0.717) is 13.2 Å². The summed E-state index contributed by atoms with van der Waals surface area (Å²) in [6.07, 6.45) is 2.39. The van der Waals surface area contributed by atoms with E-state index in [2.05, 4.69) is 10.5 Å². The molecule has 0 aliphatic heterocycles. The number of ether oxygens (including phenoxy) is 1. The number of nitrogens with zero attached hydrogens (tertiary/aromatic N) is 1. The van der Waals surface area contributed by atoms with E-state index < -0.39 is 0 Å². The van der Waals surface area contributed by atoms with Gasteiger partial charge in [0.1, 0.15) is 12.4 Å². The largest absolute Gasteiger partial charge is 0.493 e. The molecule has 23 heavy (non-hydrogen) atoms. The van der Waals surface area contributed by atoms with Crippen LogP contribution in [0.15, 0.2) is 59.8 Å². The molecule has 0 bridgehead atoms. The molecule has 0 fully saturated rings. The molecule has 2 aromatic carbocycles. The monoisotopic (exact) mass is 312 g/mol.